The molecule has 0 saturated heterocycles. The number of benzene rings is 1. The molecule has 0 N–H and O–H groups in total. The lowest BCUT2D eigenvalue weighted by molar-refractivity contribution is 0.111. The third kappa shape index (κ3) is 1.84. The highest BCUT2D eigenvalue weighted by Gasteiger charge is 2.15. The fourth-order valence-electron chi connectivity index (χ4n) is 1.38. The number of carbonyl (C=O) groups is 1. The molecule has 2 rings (SSSR count). The van der Waals surface area contributed by atoms with Crippen molar-refractivity contribution in [2.24, 2.45) is 0 Å². The molecule has 0 aliphatic carbocycles. The van der Waals surface area contributed by atoms with E-state index in [1.54, 1.807) is 30.3 Å². The van der Waals surface area contributed by atoms with Crippen molar-refractivity contribution in [2.75, 3.05) is 0 Å². The first-order chi connectivity index (χ1) is 7.72. The van der Waals surface area contributed by atoms with Gasteiger partial charge in [-0.25, -0.2) is 13.5 Å². The van der Waals surface area contributed by atoms with Crippen LogP contribution in [-0.2, 0) is 0 Å². The van der Waals surface area contributed by atoms with Crippen LogP contribution in [0.4, 0.5) is 8.78 Å². The minimum atomic E-state index is -2.68. The van der Waals surface area contributed by atoms with Crippen molar-refractivity contribution >= 4 is 6.29 Å². The Bertz CT molecular complexity index is 494. The van der Waals surface area contributed by atoms with E-state index < -0.39 is 12.1 Å². The van der Waals surface area contributed by atoms with Gasteiger partial charge in [-0.1, -0.05) is 18.2 Å². The van der Waals surface area contributed by atoms with E-state index in [0.29, 0.717) is 12.0 Å². The first-order valence-corrected chi connectivity index (χ1v) is 4.61. The molecule has 2 aromatic rings. The molecule has 0 spiro atoms. The first kappa shape index (κ1) is 10.5. The zero-order valence-corrected chi connectivity index (χ0v) is 8.18. The zero-order chi connectivity index (χ0) is 11.5. The Balaban J connectivity index is 2.52. The topological polar surface area (TPSA) is 34.9 Å². The summed E-state index contributed by atoms with van der Waals surface area (Å²) in [5.74, 6) is 0. The van der Waals surface area contributed by atoms with Crippen LogP contribution in [0.2, 0.25) is 0 Å². The number of alkyl halides is 2. The van der Waals surface area contributed by atoms with Gasteiger partial charge in [0.1, 0.15) is 11.4 Å². The first-order valence-electron chi connectivity index (χ1n) is 4.61. The summed E-state index contributed by atoms with van der Waals surface area (Å²) < 4.78 is 26.0. The van der Waals surface area contributed by atoms with Crippen molar-refractivity contribution in [1.29, 1.82) is 0 Å². The van der Waals surface area contributed by atoms with E-state index in [2.05, 4.69) is 5.10 Å². The predicted octanol–water partition coefficient (Wildman–Crippen LogP) is 2.62. The molecular formula is C11H8F2N2O. The molecular weight excluding hydrogens is 214 g/mol. The van der Waals surface area contributed by atoms with Gasteiger partial charge < -0.3 is 0 Å². The number of aromatic nitrogens is 2. The summed E-state index contributed by atoms with van der Waals surface area (Å²) in [5.41, 5.74) is 0.295. The quantitative estimate of drug-likeness (QED) is 0.748. The Morgan fingerprint density at radius 3 is 2.50 bits per heavy atom. The van der Waals surface area contributed by atoms with Crippen molar-refractivity contribution < 1.29 is 13.6 Å². The van der Waals surface area contributed by atoms with Crippen LogP contribution in [0.5, 0.6) is 0 Å². The van der Waals surface area contributed by atoms with Gasteiger partial charge in [0.2, 0.25) is 0 Å². The van der Waals surface area contributed by atoms with Crippen LogP contribution in [0.15, 0.2) is 36.4 Å². The molecule has 82 valence electrons. The lowest BCUT2D eigenvalue weighted by Gasteiger charge is -2.01. The molecule has 1 heterocycles. The van der Waals surface area contributed by atoms with E-state index in [4.69, 9.17) is 0 Å². The maximum atomic E-state index is 12.4. The van der Waals surface area contributed by atoms with Gasteiger partial charge >= 0.3 is 0 Å². The second kappa shape index (κ2) is 4.22. The van der Waals surface area contributed by atoms with Gasteiger partial charge in [0, 0.05) is 0 Å². The molecule has 16 heavy (non-hydrogen) atoms. The van der Waals surface area contributed by atoms with E-state index in [1.165, 1.54) is 4.68 Å². The number of para-hydroxylation sites is 1. The second-order valence-corrected chi connectivity index (χ2v) is 3.16. The second-order valence-electron chi connectivity index (χ2n) is 3.16. The van der Waals surface area contributed by atoms with Crippen molar-refractivity contribution in [3.8, 4) is 5.69 Å². The number of carbonyl (C=O) groups excluding carboxylic acids is 1. The van der Waals surface area contributed by atoms with E-state index >= 15 is 0 Å². The van der Waals surface area contributed by atoms with Crippen LogP contribution in [0.1, 0.15) is 22.6 Å². The van der Waals surface area contributed by atoms with Gasteiger partial charge in [-0.05, 0) is 18.2 Å². The van der Waals surface area contributed by atoms with Gasteiger partial charge in [-0.3, -0.25) is 4.79 Å². The Morgan fingerprint density at radius 2 is 1.94 bits per heavy atom. The summed E-state index contributed by atoms with van der Waals surface area (Å²) in [5, 5.41) is 3.69. The Labute approximate surface area is 90.3 Å². The summed E-state index contributed by atoms with van der Waals surface area (Å²) in [6, 6.07) is 9.75. The maximum absolute atomic E-state index is 12.4. The number of aldehydes is 1. The molecule has 0 aliphatic heterocycles. The highest BCUT2D eigenvalue weighted by atomic mass is 19.3. The molecule has 1 aromatic heterocycles. The maximum Gasteiger partial charge on any atom is 0.282 e. The van der Waals surface area contributed by atoms with Crippen molar-refractivity contribution in [1.82, 2.24) is 9.78 Å². The van der Waals surface area contributed by atoms with Crippen LogP contribution in [0.3, 0.4) is 0 Å². The molecule has 1 aromatic carbocycles. The third-order valence-electron chi connectivity index (χ3n) is 2.10. The lowest BCUT2D eigenvalue weighted by Crippen LogP contribution is -2.01. The Hall–Kier alpha value is -2.04. The van der Waals surface area contributed by atoms with E-state index in [1.807, 2.05) is 0 Å². The average Bonchev–Trinajstić information content (AvgIpc) is 2.74. The van der Waals surface area contributed by atoms with Crippen molar-refractivity contribution in [3.63, 3.8) is 0 Å². The third-order valence-corrected chi connectivity index (χ3v) is 2.10. The van der Waals surface area contributed by atoms with Crippen molar-refractivity contribution in [2.45, 2.75) is 6.43 Å². The van der Waals surface area contributed by atoms with Crippen LogP contribution in [0, 0.1) is 0 Å². The van der Waals surface area contributed by atoms with Gasteiger partial charge in [-0.15, -0.1) is 0 Å². The van der Waals surface area contributed by atoms with E-state index in [9.17, 15) is 13.6 Å². The molecule has 0 unspecified atom stereocenters. The number of nitrogens with zero attached hydrogens (tertiary/aromatic N) is 2. The van der Waals surface area contributed by atoms with Crippen LogP contribution < -0.4 is 0 Å². The fourth-order valence-corrected chi connectivity index (χ4v) is 1.38. The monoisotopic (exact) mass is 222 g/mol. The molecule has 0 amide bonds. The molecule has 5 heteroatoms. The molecule has 0 atom stereocenters. The number of hydrogen-bond acceptors (Lipinski definition) is 2. The smallest absolute Gasteiger partial charge is 0.282 e. The normalized spacial score (nSPS) is 10.7. The molecule has 0 bridgehead atoms. The number of rotatable bonds is 3. The zero-order valence-electron chi connectivity index (χ0n) is 8.18. The summed E-state index contributed by atoms with van der Waals surface area (Å²) in [4.78, 5) is 10.7. The summed E-state index contributed by atoms with van der Waals surface area (Å²) in [6.45, 7) is 0. The highest BCUT2D eigenvalue weighted by Crippen LogP contribution is 2.19. The van der Waals surface area contributed by atoms with E-state index in [0.717, 1.165) is 6.07 Å². The summed E-state index contributed by atoms with van der Waals surface area (Å²) in [6.07, 6.45) is -2.17. The molecule has 0 fully saturated rings. The minimum Gasteiger partial charge on any atom is -0.296 e. The molecule has 3 nitrogen and oxygen atoms in total. The summed E-state index contributed by atoms with van der Waals surface area (Å²) in [7, 11) is 0. The average molecular weight is 222 g/mol. The summed E-state index contributed by atoms with van der Waals surface area (Å²) >= 11 is 0. The SMILES string of the molecule is O=Cc1cc(C(F)F)nn1-c1ccccc1. The molecule has 0 saturated carbocycles. The largest absolute Gasteiger partial charge is 0.296 e. The van der Waals surface area contributed by atoms with Gasteiger partial charge in [0.15, 0.2) is 6.29 Å². The predicted molar refractivity (Wildman–Crippen MR) is 53.9 cm³/mol. The standard InChI is InChI=1S/C11H8F2N2O/c12-11(13)10-6-9(7-16)15(14-10)8-4-2-1-3-5-8/h1-7,11H. The Morgan fingerprint density at radius 1 is 1.25 bits per heavy atom. The van der Waals surface area contributed by atoms with Gasteiger partial charge in [0.25, 0.3) is 6.43 Å². The van der Waals surface area contributed by atoms with Gasteiger partial charge in [-0.2, -0.15) is 5.10 Å². The highest BCUT2D eigenvalue weighted by molar-refractivity contribution is 5.73. The molecule has 0 aliphatic rings. The number of hydrogen-bond donors (Lipinski definition) is 0. The van der Waals surface area contributed by atoms with Crippen LogP contribution in [-0.4, -0.2) is 16.1 Å². The van der Waals surface area contributed by atoms with Gasteiger partial charge in [0.05, 0.1) is 5.69 Å². The molecule has 0 radical (unpaired) electrons. The van der Waals surface area contributed by atoms with Crippen LogP contribution in [0.25, 0.3) is 5.69 Å². The minimum absolute atomic E-state index is 0.113. The van der Waals surface area contributed by atoms with E-state index in [-0.39, 0.29) is 5.69 Å². The van der Waals surface area contributed by atoms with Crippen LogP contribution >= 0.6 is 0 Å². The Kier molecular flexibility index (Phi) is 2.76. The lowest BCUT2D eigenvalue weighted by atomic mass is 10.3. The van der Waals surface area contributed by atoms with Crippen molar-refractivity contribution in [3.05, 3.63) is 47.8 Å². The number of halogens is 2. The fraction of sp³-hybridized carbons (Fsp3) is 0.0909.